The van der Waals surface area contributed by atoms with Crippen LogP contribution in [0, 0.1) is 0 Å². The first-order valence-electron chi connectivity index (χ1n) is 9.05. The molecule has 0 spiro atoms. The summed E-state index contributed by atoms with van der Waals surface area (Å²) in [5, 5.41) is 23.2. The average molecular weight is 389 g/mol. The topological polar surface area (TPSA) is 55.8 Å². The molecule has 2 rings (SSSR count). The van der Waals surface area contributed by atoms with Crippen molar-refractivity contribution in [1.82, 2.24) is 14.7 Å². The summed E-state index contributed by atoms with van der Waals surface area (Å²) in [5.41, 5.74) is 1.31. The molecule has 1 heterocycles. The van der Waals surface area contributed by atoms with Gasteiger partial charge in [0.05, 0.1) is 0 Å². The van der Waals surface area contributed by atoms with Gasteiger partial charge in [-0.25, -0.2) is 0 Å². The predicted molar refractivity (Wildman–Crippen MR) is 93.5 cm³/mol. The third kappa shape index (κ3) is 9.15. The maximum Gasteiger partial charge on any atom is 6.00 e. The molecular formula is C19H31FeN3O2+4. The molecule has 1 aromatic rings. The molecule has 1 fully saturated rings. The molecular weight excluding hydrogens is 358 g/mol. The normalized spacial score (nSPS) is 20.8. The third-order valence-corrected chi connectivity index (χ3v) is 4.48. The number of rotatable bonds is 6. The molecule has 1 aliphatic heterocycles. The fraction of sp³-hybridized carbons (Fsp3) is 0.684. The standard InChI is InChI=1S/C19H31N3O2.Fe/c1-17(23)14-20-8-9-21(15-18(2)24)11-13-22(12-10-20)16-19-6-4-3-5-7-19;/h3-7,17-18H,8-16H2,1-2H3;/q-2;+6/t17-,18-;/m0./s1. The molecule has 0 N–H and O–H groups in total. The van der Waals surface area contributed by atoms with Gasteiger partial charge in [-0.05, 0) is 18.7 Å². The minimum absolute atomic E-state index is 0. The summed E-state index contributed by atoms with van der Waals surface area (Å²) >= 11 is 0. The predicted octanol–water partition coefficient (Wildman–Crippen LogP) is -0.399. The van der Waals surface area contributed by atoms with E-state index >= 15 is 0 Å². The summed E-state index contributed by atoms with van der Waals surface area (Å²) in [6, 6.07) is 10.5. The van der Waals surface area contributed by atoms with Gasteiger partial charge in [0.25, 0.3) is 0 Å². The molecule has 0 aliphatic carbocycles. The van der Waals surface area contributed by atoms with E-state index in [1.54, 1.807) is 13.8 Å². The number of hydrogen-bond donors (Lipinski definition) is 0. The van der Waals surface area contributed by atoms with E-state index in [0.29, 0.717) is 13.1 Å². The summed E-state index contributed by atoms with van der Waals surface area (Å²) in [6.07, 6.45) is -1.14. The first kappa shape index (κ1) is 22.6. The Hall–Kier alpha value is -0.461. The van der Waals surface area contributed by atoms with E-state index in [1.807, 2.05) is 6.07 Å². The van der Waals surface area contributed by atoms with Crippen LogP contribution in [0.15, 0.2) is 30.3 Å². The minimum atomic E-state index is -0.569. The largest absolute Gasteiger partial charge is 6.00 e. The van der Waals surface area contributed by atoms with E-state index in [-0.39, 0.29) is 17.1 Å². The zero-order valence-electron chi connectivity index (χ0n) is 15.4. The Bertz CT molecular complexity index is 437. The Morgan fingerprint density at radius 1 is 0.760 bits per heavy atom. The minimum Gasteiger partial charge on any atom is -0.851 e. The number of nitrogens with zero attached hydrogens (tertiary/aromatic N) is 3. The van der Waals surface area contributed by atoms with Gasteiger partial charge in [0.1, 0.15) is 0 Å². The van der Waals surface area contributed by atoms with Crippen LogP contribution in [0.3, 0.4) is 0 Å². The maximum atomic E-state index is 11.6. The van der Waals surface area contributed by atoms with Crippen LogP contribution in [0.1, 0.15) is 19.4 Å². The van der Waals surface area contributed by atoms with Crippen LogP contribution in [-0.4, -0.2) is 79.3 Å². The van der Waals surface area contributed by atoms with E-state index < -0.39 is 12.2 Å². The Balaban J connectivity index is 0.00000312. The van der Waals surface area contributed by atoms with Crippen molar-refractivity contribution >= 4 is 0 Å². The number of benzene rings is 1. The zero-order valence-corrected chi connectivity index (χ0v) is 16.5. The van der Waals surface area contributed by atoms with Crippen molar-refractivity contribution in [2.45, 2.75) is 32.6 Å². The van der Waals surface area contributed by atoms with Crippen LogP contribution in [0.2, 0.25) is 0 Å². The van der Waals surface area contributed by atoms with Crippen molar-refractivity contribution in [2.24, 2.45) is 0 Å². The summed E-state index contributed by atoms with van der Waals surface area (Å²) in [6.45, 7) is 11.0. The van der Waals surface area contributed by atoms with Gasteiger partial charge in [-0.3, -0.25) is 4.90 Å². The van der Waals surface area contributed by atoms with Gasteiger partial charge in [-0.15, -0.1) is 12.2 Å². The molecule has 1 aliphatic rings. The zero-order chi connectivity index (χ0) is 17.4. The fourth-order valence-electron chi connectivity index (χ4n) is 3.28. The average Bonchev–Trinajstić information content (AvgIpc) is 2.61. The maximum absolute atomic E-state index is 11.6. The van der Waals surface area contributed by atoms with Crippen molar-refractivity contribution in [1.29, 1.82) is 0 Å². The fourth-order valence-corrected chi connectivity index (χ4v) is 3.28. The quantitative estimate of drug-likeness (QED) is 0.620. The van der Waals surface area contributed by atoms with Gasteiger partial charge in [0.2, 0.25) is 0 Å². The second-order valence-corrected chi connectivity index (χ2v) is 6.98. The van der Waals surface area contributed by atoms with Gasteiger partial charge >= 0.3 is 17.1 Å². The summed E-state index contributed by atoms with van der Waals surface area (Å²) in [4.78, 5) is 6.94. The molecule has 1 aromatic carbocycles. The molecule has 0 radical (unpaired) electrons. The van der Waals surface area contributed by atoms with Crippen molar-refractivity contribution in [3.05, 3.63) is 35.9 Å². The van der Waals surface area contributed by atoms with Crippen LogP contribution in [0.25, 0.3) is 0 Å². The number of hydrogen-bond acceptors (Lipinski definition) is 5. The van der Waals surface area contributed by atoms with Crippen LogP contribution in [0.4, 0.5) is 0 Å². The monoisotopic (exact) mass is 389 g/mol. The second kappa shape index (κ2) is 12.0. The Kier molecular flexibility index (Phi) is 10.9. The summed E-state index contributed by atoms with van der Waals surface area (Å²) in [5.74, 6) is 0. The molecule has 25 heavy (non-hydrogen) atoms. The molecule has 2 atom stereocenters. The molecule has 6 heteroatoms. The summed E-state index contributed by atoms with van der Waals surface area (Å²) < 4.78 is 0. The van der Waals surface area contributed by atoms with E-state index in [0.717, 1.165) is 45.8 Å². The van der Waals surface area contributed by atoms with Crippen molar-refractivity contribution < 1.29 is 27.3 Å². The molecule has 0 amide bonds. The van der Waals surface area contributed by atoms with Gasteiger partial charge in [0.15, 0.2) is 0 Å². The summed E-state index contributed by atoms with van der Waals surface area (Å²) in [7, 11) is 0. The van der Waals surface area contributed by atoms with Crippen LogP contribution in [0.5, 0.6) is 0 Å². The van der Waals surface area contributed by atoms with Crippen molar-refractivity contribution in [3.63, 3.8) is 0 Å². The second-order valence-electron chi connectivity index (χ2n) is 6.98. The molecule has 138 valence electrons. The van der Waals surface area contributed by atoms with Gasteiger partial charge < -0.3 is 20.0 Å². The van der Waals surface area contributed by atoms with E-state index in [2.05, 4.69) is 39.0 Å². The Labute approximate surface area is 163 Å². The van der Waals surface area contributed by atoms with E-state index in [1.165, 1.54) is 5.56 Å². The SMILES string of the molecule is C[C@H]([O-])CN1CCN(Cc2ccccc2)CCN(C[C@H](C)[O-])CC1.[Fe+6]. The molecule has 0 saturated carbocycles. The van der Waals surface area contributed by atoms with E-state index in [4.69, 9.17) is 0 Å². The van der Waals surface area contributed by atoms with Gasteiger partial charge in [-0.1, -0.05) is 44.2 Å². The molecule has 0 bridgehead atoms. The molecule has 0 unspecified atom stereocenters. The first-order valence-corrected chi connectivity index (χ1v) is 9.05. The first-order chi connectivity index (χ1) is 11.5. The molecule has 5 nitrogen and oxygen atoms in total. The van der Waals surface area contributed by atoms with Gasteiger partial charge in [-0.2, -0.15) is 0 Å². The smallest absolute Gasteiger partial charge is 0.851 e. The van der Waals surface area contributed by atoms with E-state index in [9.17, 15) is 10.2 Å². The molecule has 1 saturated heterocycles. The van der Waals surface area contributed by atoms with Crippen LogP contribution in [-0.2, 0) is 23.6 Å². The molecule has 0 aromatic heterocycles. The Morgan fingerprint density at radius 2 is 1.16 bits per heavy atom. The Morgan fingerprint density at radius 3 is 1.56 bits per heavy atom. The van der Waals surface area contributed by atoms with Crippen molar-refractivity contribution in [3.8, 4) is 0 Å². The van der Waals surface area contributed by atoms with Crippen LogP contribution >= 0.6 is 0 Å². The van der Waals surface area contributed by atoms with Crippen molar-refractivity contribution in [2.75, 3.05) is 52.4 Å². The third-order valence-electron chi connectivity index (χ3n) is 4.48. The van der Waals surface area contributed by atoms with Crippen LogP contribution < -0.4 is 10.2 Å². The van der Waals surface area contributed by atoms with Gasteiger partial charge in [0, 0.05) is 45.8 Å².